The second kappa shape index (κ2) is 7.85. The second-order valence-electron chi connectivity index (χ2n) is 6.54. The maximum atomic E-state index is 12.6. The van der Waals surface area contributed by atoms with E-state index in [9.17, 15) is 9.59 Å². The van der Waals surface area contributed by atoms with Crippen LogP contribution in [0.1, 0.15) is 18.5 Å². The molecular formula is C18H21N3O3S2. The largest absolute Gasteiger partial charge is 0.368 e. The summed E-state index contributed by atoms with van der Waals surface area (Å²) in [6.45, 7) is 3.01. The van der Waals surface area contributed by atoms with Gasteiger partial charge in [-0.1, -0.05) is 0 Å². The molecule has 0 N–H and O–H groups in total. The van der Waals surface area contributed by atoms with Crippen molar-refractivity contribution in [3.8, 4) is 10.6 Å². The van der Waals surface area contributed by atoms with E-state index in [-0.39, 0.29) is 17.9 Å². The summed E-state index contributed by atoms with van der Waals surface area (Å²) in [6, 6.07) is 2.04. The highest BCUT2D eigenvalue weighted by atomic mass is 32.1. The normalized spacial score (nSPS) is 20.5. The van der Waals surface area contributed by atoms with Gasteiger partial charge in [0.05, 0.1) is 12.1 Å². The van der Waals surface area contributed by atoms with Crippen LogP contribution in [0.15, 0.2) is 22.2 Å². The Morgan fingerprint density at radius 1 is 1.19 bits per heavy atom. The molecule has 0 aliphatic carbocycles. The quantitative estimate of drug-likeness (QED) is 0.802. The van der Waals surface area contributed by atoms with Gasteiger partial charge in [0, 0.05) is 49.1 Å². The monoisotopic (exact) mass is 391 g/mol. The number of carbonyl (C=O) groups excluding carboxylic acids is 2. The fourth-order valence-corrected chi connectivity index (χ4v) is 4.86. The second-order valence-corrected chi connectivity index (χ2v) is 8.18. The Morgan fingerprint density at radius 2 is 2.00 bits per heavy atom. The van der Waals surface area contributed by atoms with Crippen LogP contribution in [0.4, 0.5) is 0 Å². The minimum Gasteiger partial charge on any atom is -0.368 e. The summed E-state index contributed by atoms with van der Waals surface area (Å²) in [5, 5.41) is 7.01. The van der Waals surface area contributed by atoms with E-state index < -0.39 is 0 Å². The van der Waals surface area contributed by atoms with Gasteiger partial charge in [0.25, 0.3) is 5.91 Å². The minimum atomic E-state index is -0.275. The summed E-state index contributed by atoms with van der Waals surface area (Å²) < 4.78 is 5.48. The van der Waals surface area contributed by atoms with Crippen molar-refractivity contribution in [2.45, 2.75) is 25.4 Å². The van der Waals surface area contributed by atoms with E-state index in [1.54, 1.807) is 22.7 Å². The van der Waals surface area contributed by atoms with Crippen molar-refractivity contribution in [2.75, 3.05) is 32.8 Å². The fraction of sp³-hybridized carbons (Fsp3) is 0.500. The van der Waals surface area contributed by atoms with Crippen LogP contribution in [0.3, 0.4) is 0 Å². The van der Waals surface area contributed by atoms with Crippen molar-refractivity contribution in [1.29, 1.82) is 0 Å². The number of hydrogen-bond donors (Lipinski definition) is 0. The number of carbonyl (C=O) groups is 2. The molecule has 4 heterocycles. The Hall–Kier alpha value is -1.77. The van der Waals surface area contributed by atoms with E-state index in [0.29, 0.717) is 39.2 Å². The Balaban J connectivity index is 1.29. The van der Waals surface area contributed by atoms with E-state index in [1.165, 1.54) is 0 Å². The number of amides is 2. The first-order chi connectivity index (χ1) is 12.7. The number of rotatable bonds is 4. The summed E-state index contributed by atoms with van der Waals surface area (Å²) in [4.78, 5) is 33.2. The molecule has 8 heteroatoms. The van der Waals surface area contributed by atoms with Gasteiger partial charge in [-0.25, -0.2) is 4.98 Å². The predicted octanol–water partition coefficient (Wildman–Crippen LogP) is 2.26. The van der Waals surface area contributed by atoms with Crippen LogP contribution in [0.25, 0.3) is 10.6 Å². The lowest BCUT2D eigenvalue weighted by molar-refractivity contribution is -0.145. The molecule has 2 aromatic rings. The molecule has 2 aliphatic rings. The van der Waals surface area contributed by atoms with Crippen LogP contribution in [-0.4, -0.2) is 65.5 Å². The first-order valence-electron chi connectivity index (χ1n) is 8.86. The van der Waals surface area contributed by atoms with Gasteiger partial charge in [0.15, 0.2) is 0 Å². The van der Waals surface area contributed by atoms with Gasteiger partial charge < -0.3 is 14.5 Å². The third kappa shape index (κ3) is 3.82. The first kappa shape index (κ1) is 17.6. The molecule has 0 spiro atoms. The topological polar surface area (TPSA) is 62.7 Å². The van der Waals surface area contributed by atoms with E-state index in [4.69, 9.17) is 4.74 Å². The lowest BCUT2D eigenvalue weighted by atomic mass is 10.2. The van der Waals surface area contributed by atoms with Gasteiger partial charge in [-0.3, -0.25) is 9.59 Å². The Labute approximate surface area is 160 Å². The molecule has 138 valence electrons. The zero-order valence-corrected chi connectivity index (χ0v) is 16.1. The highest BCUT2D eigenvalue weighted by Gasteiger charge is 2.31. The molecule has 0 aromatic carbocycles. The number of piperazine rings is 1. The van der Waals surface area contributed by atoms with Crippen molar-refractivity contribution >= 4 is 34.5 Å². The third-order valence-electron chi connectivity index (χ3n) is 4.80. The summed E-state index contributed by atoms with van der Waals surface area (Å²) >= 11 is 3.21. The Morgan fingerprint density at radius 3 is 2.69 bits per heavy atom. The number of aromatic nitrogens is 1. The average molecular weight is 392 g/mol. The summed E-state index contributed by atoms with van der Waals surface area (Å²) in [5.41, 5.74) is 1.93. The molecule has 0 unspecified atom stereocenters. The number of thiophene rings is 1. The van der Waals surface area contributed by atoms with Crippen molar-refractivity contribution in [1.82, 2.24) is 14.8 Å². The Kier molecular flexibility index (Phi) is 5.33. The van der Waals surface area contributed by atoms with Crippen molar-refractivity contribution in [3.05, 3.63) is 27.9 Å². The smallest absolute Gasteiger partial charge is 0.251 e. The van der Waals surface area contributed by atoms with Crippen LogP contribution in [0, 0.1) is 0 Å². The van der Waals surface area contributed by atoms with E-state index in [0.717, 1.165) is 29.1 Å². The van der Waals surface area contributed by atoms with Crippen molar-refractivity contribution in [2.24, 2.45) is 0 Å². The zero-order chi connectivity index (χ0) is 17.9. The molecule has 0 bridgehead atoms. The van der Waals surface area contributed by atoms with E-state index in [1.807, 2.05) is 26.6 Å². The lowest BCUT2D eigenvalue weighted by Crippen LogP contribution is -2.53. The molecule has 2 fully saturated rings. The Bertz CT molecular complexity index is 761. The molecule has 4 rings (SSSR count). The predicted molar refractivity (Wildman–Crippen MR) is 101 cm³/mol. The summed E-state index contributed by atoms with van der Waals surface area (Å²) in [7, 11) is 0. The summed E-state index contributed by atoms with van der Waals surface area (Å²) in [6.07, 6.45) is 1.81. The van der Waals surface area contributed by atoms with Gasteiger partial charge in [0.1, 0.15) is 11.1 Å². The maximum Gasteiger partial charge on any atom is 0.251 e. The molecule has 0 radical (unpaired) electrons. The molecule has 1 atom stereocenters. The number of ether oxygens (including phenoxy) is 1. The molecule has 0 saturated carbocycles. The van der Waals surface area contributed by atoms with Gasteiger partial charge in [0.2, 0.25) is 5.91 Å². The van der Waals surface area contributed by atoms with Crippen LogP contribution in [0.2, 0.25) is 0 Å². The number of hydrogen-bond acceptors (Lipinski definition) is 6. The molecule has 2 saturated heterocycles. The van der Waals surface area contributed by atoms with Crippen LogP contribution < -0.4 is 0 Å². The molecule has 26 heavy (non-hydrogen) atoms. The number of nitrogens with zero attached hydrogens (tertiary/aromatic N) is 3. The van der Waals surface area contributed by atoms with Crippen LogP contribution in [-0.2, 0) is 20.7 Å². The standard InChI is InChI=1S/C18H21N3O3S2/c22-16(10-14-12-26-17(19-14)13-3-9-25-11-13)20-4-6-21(7-5-20)18(23)15-2-1-8-24-15/h3,9,11-12,15H,1-2,4-8,10H2/t15-/m1/s1. The highest BCUT2D eigenvalue weighted by molar-refractivity contribution is 7.14. The zero-order valence-electron chi connectivity index (χ0n) is 14.4. The highest BCUT2D eigenvalue weighted by Crippen LogP contribution is 2.26. The van der Waals surface area contributed by atoms with E-state index in [2.05, 4.69) is 10.4 Å². The SMILES string of the molecule is O=C(Cc1csc(-c2ccsc2)n1)N1CCN(C(=O)[C@H]2CCCO2)CC1. The maximum absolute atomic E-state index is 12.6. The summed E-state index contributed by atoms with van der Waals surface area (Å²) in [5.74, 6) is 0.158. The lowest BCUT2D eigenvalue weighted by Gasteiger charge is -2.35. The van der Waals surface area contributed by atoms with Gasteiger partial charge in [-0.2, -0.15) is 11.3 Å². The minimum absolute atomic E-state index is 0.0782. The third-order valence-corrected chi connectivity index (χ3v) is 6.42. The average Bonchev–Trinajstić information content (AvgIpc) is 3.42. The van der Waals surface area contributed by atoms with Gasteiger partial charge >= 0.3 is 0 Å². The van der Waals surface area contributed by atoms with Crippen LogP contribution in [0.5, 0.6) is 0 Å². The van der Waals surface area contributed by atoms with Crippen LogP contribution >= 0.6 is 22.7 Å². The fourth-order valence-electron chi connectivity index (χ4n) is 3.33. The van der Waals surface area contributed by atoms with Crippen molar-refractivity contribution in [3.63, 3.8) is 0 Å². The molecule has 2 aromatic heterocycles. The molecule has 2 amide bonds. The van der Waals surface area contributed by atoms with Gasteiger partial charge in [-0.15, -0.1) is 11.3 Å². The first-order valence-corrected chi connectivity index (χ1v) is 10.7. The molecule has 2 aliphatic heterocycles. The number of thiazole rings is 1. The van der Waals surface area contributed by atoms with Gasteiger partial charge in [-0.05, 0) is 24.3 Å². The van der Waals surface area contributed by atoms with Crippen molar-refractivity contribution < 1.29 is 14.3 Å². The molecule has 6 nitrogen and oxygen atoms in total. The van der Waals surface area contributed by atoms with E-state index >= 15 is 0 Å². The molecular weight excluding hydrogens is 370 g/mol.